The lowest BCUT2D eigenvalue weighted by Crippen LogP contribution is -2.41. The highest BCUT2D eigenvalue weighted by atomic mass is 35.5. The molecule has 2 aromatic carbocycles. The second-order valence-corrected chi connectivity index (χ2v) is 10.1. The van der Waals surface area contributed by atoms with Crippen LogP contribution in [0.3, 0.4) is 0 Å². The standard InChI is InChI=1S/C22H24ClF3N2O3S/c1-3-15-6-4-5-14(2)20(15)27-21(29)16-9-11-28(12-10-16)32(30,31)17-7-8-19(23)18(13-17)22(24,25)26/h4-8,13,16H,3,9-12H2,1-2H3,(H,27,29). The molecule has 0 unspecified atom stereocenters. The topological polar surface area (TPSA) is 66.5 Å². The molecule has 1 heterocycles. The number of para-hydroxylation sites is 1. The number of aryl methyl sites for hydroxylation is 2. The summed E-state index contributed by atoms with van der Waals surface area (Å²) in [6.45, 7) is 3.98. The summed E-state index contributed by atoms with van der Waals surface area (Å²) in [5.74, 6) is -0.571. The number of nitrogens with one attached hydrogen (secondary N) is 1. The normalized spacial score (nSPS) is 16.2. The van der Waals surface area contributed by atoms with Gasteiger partial charge in [-0.1, -0.05) is 36.7 Å². The van der Waals surface area contributed by atoms with Gasteiger partial charge in [0.05, 0.1) is 15.5 Å². The Bertz CT molecular complexity index is 1110. The minimum Gasteiger partial charge on any atom is -0.325 e. The number of carbonyl (C=O) groups is 1. The summed E-state index contributed by atoms with van der Waals surface area (Å²) >= 11 is 5.60. The molecule has 1 fully saturated rings. The molecule has 0 atom stereocenters. The predicted molar refractivity (Wildman–Crippen MR) is 117 cm³/mol. The number of amides is 1. The van der Waals surface area contributed by atoms with Gasteiger partial charge >= 0.3 is 6.18 Å². The number of carbonyl (C=O) groups excluding carboxylic acids is 1. The van der Waals surface area contributed by atoms with E-state index >= 15 is 0 Å². The van der Waals surface area contributed by atoms with Gasteiger partial charge in [-0.05, 0) is 55.5 Å². The summed E-state index contributed by atoms with van der Waals surface area (Å²) in [5, 5.41) is 2.41. The summed E-state index contributed by atoms with van der Waals surface area (Å²) in [6.07, 6.45) is -3.45. The number of hydrogen-bond acceptors (Lipinski definition) is 3. The van der Waals surface area contributed by atoms with Crippen molar-refractivity contribution >= 4 is 33.2 Å². The highest BCUT2D eigenvalue weighted by Crippen LogP contribution is 2.37. The lowest BCUT2D eigenvalue weighted by molar-refractivity contribution is -0.137. The minimum absolute atomic E-state index is 0.0405. The monoisotopic (exact) mass is 488 g/mol. The summed E-state index contributed by atoms with van der Waals surface area (Å²) in [4.78, 5) is 12.3. The number of rotatable bonds is 5. The van der Waals surface area contributed by atoms with Crippen LogP contribution in [0, 0.1) is 12.8 Å². The van der Waals surface area contributed by atoms with Crippen LogP contribution in [0.2, 0.25) is 5.02 Å². The van der Waals surface area contributed by atoms with Crippen molar-refractivity contribution in [2.75, 3.05) is 18.4 Å². The Hall–Kier alpha value is -2.10. The van der Waals surface area contributed by atoms with Crippen molar-refractivity contribution in [3.63, 3.8) is 0 Å². The Balaban J connectivity index is 1.71. The zero-order chi connectivity index (χ0) is 23.7. The van der Waals surface area contributed by atoms with Crippen molar-refractivity contribution in [1.82, 2.24) is 4.31 Å². The fourth-order valence-corrected chi connectivity index (χ4v) is 5.54. The van der Waals surface area contributed by atoms with Crippen molar-refractivity contribution in [3.05, 3.63) is 58.1 Å². The van der Waals surface area contributed by atoms with Crippen LogP contribution in [0.15, 0.2) is 41.3 Å². The average molecular weight is 489 g/mol. The van der Waals surface area contributed by atoms with E-state index in [0.717, 1.165) is 39.7 Å². The highest BCUT2D eigenvalue weighted by molar-refractivity contribution is 7.89. The fraction of sp³-hybridized carbons (Fsp3) is 0.409. The Kier molecular flexibility index (Phi) is 7.21. The smallest absolute Gasteiger partial charge is 0.325 e. The lowest BCUT2D eigenvalue weighted by Gasteiger charge is -2.31. The molecule has 5 nitrogen and oxygen atoms in total. The third-order valence-electron chi connectivity index (χ3n) is 5.69. The highest BCUT2D eigenvalue weighted by Gasteiger charge is 2.37. The van der Waals surface area contributed by atoms with Gasteiger partial charge in [-0.25, -0.2) is 8.42 Å². The summed E-state index contributed by atoms with van der Waals surface area (Å²) in [6, 6.07) is 8.33. The Morgan fingerprint density at radius 1 is 1.19 bits per heavy atom. The Morgan fingerprint density at radius 3 is 2.44 bits per heavy atom. The second-order valence-electron chi connectivity index (χ2n) is 7.77. The third kappa shape index (κ3) is 5.10. The predicted octanol–water partition coefficient (Wildman–Crippen LogP) is 5.27. The third-order valence-corrected chi connectivity index (χ3v) is 7.92. The largest absolute Gasteiger partial charge is 0.417 e. The molecule has 1 aliphatic rings. The maximum atomic E-state index is 13.1. The average Bonchev–Trinajstić information content (AvgIpc) is 2.74. The van der Waals surface area contributed by atoms with Crippen molar-refractivity contribution in [3.8, 4) is 0 Å². The van der Waals surface area contributed by atoms with E-state index in [1.165, 1.54) is 0 Å². The molecule has 1 saturated heterocycles. The van der Waals surface area contributed by atoms with Gasteiger partial charge in [-0.2, -0.15) is 17.5 Å². The summed E-state index contributed by atoms with van der Waals surface area (Å²) < 4.78 is 66.3. The minimum atomic E-state index is -4.76. The van der Waals surface area contributed by atoms with E-state index in [0.29, 0.717) is 6.07 Å². The van der Waals surface area contributed by atoms with Gasteiger partial charge in [0.25, 0.3) is 0 Å². The van der Waals surface area contributed by atoms with Gasteiger partial charge in [0.15, 0.2) is 0 Å². The lowest BCUT2D eigenvalue weighted by atomic mass is 9.96. The van der Waals surface area contributed by atoms with Gasteiger partial charge in [-0.15, -0.1) is 0 Å². The fourth-order valence-electron chi connectivity index (χ4n) is 3.82. The zero-order valence-corrected chi connectivity index (χ0v) is 19.2. The number of benzene rings is 2. The van der Waals surface area contributed by atoms with E-state index in [4.69, 9.17) is 11.6 Å². The van der Waals surface area contributed by atoms with Gasteiger partial charge < -0.3 is 5.32 Å². The molecule has 32 heavy (non-hydrogen) atoms. The quantitative estimate of drug-likeness (QED) is 0.623. The Labute approximate surface area is 190 Å². The maximum absolute atomic E-state index is 13.1. The first-order valence-corrected chi connectivity index (χ1v) is 12.0. The number of halogens is 4. The molecule has 0 bridgehead atoms. The van der Waals surface area contributed by atoms with Gasteiger partial charge in [0.2, 0.25) is 15.9 Å². The molecule has 2 aromatic rings. The van der Waals surface area contributed by atoms with E-state index < -0.39 is 31.7 Å². The number of nitrogens with zero attached hydrogens (tertiary/aromatic N) is 1. The van der Waals surface area contributed by atoms with Crippen LogP contribution in [0.5, 0.6) is 0 Å². The SMILES string of the molecule is CCc1cccc(C)c1NC(=O)C1CCN(S(=O)(=O)c2ccc(Cl)c(C(F)(F)F)c2)CC1. The molecule has 0 aromatic heterocycles. The molecule has 1 N–H and O–H groups in total. The first kappa shape index (κ1) is 24.5. The molecular formula is C22H24ClF3N2O3S. The second kappa shape index (κ2) is 9.41. The number of alkyl halides is 3. The molecule has 3 rings (SSSR count). The molecule has 1 aliphatic heterocycles. The number of piperidine rings is 1. The van der Waals surface area contributed by atoms with Crippen LogP contribution in [-0.2, 0) is 27.4 Å². The van der Waals surface area contributed by atoms with Crippen molar-refractivity contribution in [2.24, 2.45) is 5.92 Å². The van der Waals surface area contributed by atoms with Gasteiger partial charge in [0, 0.05) is 24.7 Å². The maximum Gasteiger partial charge on any atom is 0.417 e. The van der Waals surface area contributed by atoms with Gasteiger partial charge in [-0.3, -0.25) is 4.79 Å². The number of hydrogen-bond donors (Lipinski definition) is 1. The molecule has 0 spiro atoms. The van der Waals surface area contributed by atoms with Crippen LogP contribution >= 0.6 is 11.6 Å². The van der Waals surface area contributed by atoms with Crippen LogP contribution in [0.4, 0.5) is 18.9 Å². The first-order valence-electron chi connectivity index (χ1n) is 10.2. The molecule has 174 valence electrons. The molecule has 1 amide bonds. The van der Waals surface area contributed by atoms with Crippen LogP contribution < -0.4 is 5.32 Å². The number of sulfonamides is 1. The summed E-state index contributed by atoms with van der Waals surface area (Å²) in [5.41, 5.74) is 1.54. The molecule has 0 saturated carbocycles. The molecule has 0 radical (unpaired) electrons. The first-order chi connectivity index (χ1) is 14.9. The van der Waals surface area contributed by atoms with Crippen molar-refractivity contribution in [1.29, 1.82) is 0 Å². The van der Waals surface area contributed by atoms with Gasteiger partial charge in [0.1, 0.15) is 0 Å². The zero-order valence-electron chi connectivity index (χ0n) is 17.7. The molecular weight excluding hydrogens is 465 g/mol. The molecule has 0 aliphatic carbocycles. The van der Waals surface area contributed by atoms with Crippen LogP contribution in [0.1, 0.15) is 36.5 Å². The van der Waals surface area contributed by atoms with Crippen molar-refractivity contribution in [2.45, 2.75) is 44.2 Å². The van der Waals surface area contributed by atoms with E-state index in [1.807, 2.05) is 32.0 Å². The van der Waals surface area contributed by atoms with E-state index in [-0.39, 0.29) is 37.8 Å². The van der Waals surface area contributed by atoms with Crippen LogP contribution in [-0.4, -0.2) is 31.7 Å². The summed E-state index contributed by atoms with van der Waals surface area (Å²) in [7, 11) is -4.14. The van der Waals surface area contributed by atoms with E-state index in [1.54, 1.807) is 0 Å². The van der Waals surface area contributed by atoms with E-state index in [9.17, 15) is 26.4 Å². The van der Waals surface area contributed by atoms with Crippen molar-refractivity contribution < 1.29 is 26.4 Å². The molecule has 10 heteroatoms. The van der Waals surface area contributed by atoms with Crippen LogP contribution in [0.25, 0.3) is 0 Å². The van der Waals surface area contributed by atoms with E-state index in [2.05, 4.69) is 5.32 Å². The number of anilines is 1. The Morgan fingerprint density at radius 2 is 1.84 bits per heavy atom.